The number of amides is 2. The highest BCUT2D eigenvalue weighted by Gasteiger charge is 2.26. The number of anilines is 2. The number of nitrogens with one attached hydrogen (secondary N) is 2. The van der Waals surface area contributed by atoms with Gasteiger partial charge in [-0.15, -0.1) is 0 Å². The molecule has 2 aromatic rings. The minimum absolute atomic E-state index is 0.0447. The molecule has 0 atom stereocenters. The van der Waals surface area contributed by atoms with Crippen molar-refractivity contribution in [1.82, 2.24) is 4.90 Å². The number of hydrogen-bond acceptors (Lipinski definition) is 3. The molecule has 0 aromatic heterocycles. The van der Waals surface area contributed by atoms with Gasteiger partial charge in [0.05, 0.1) is 36.9 Å². The highest BCUT2D eigenvalue weighted by molar-refractivity contribution is 6.33. The summed E-state index contributed by atoms with van der Waals surface area (Å²) in [5.41, 5.74) is 2.33. The van der Waals surface area contributed by atoms with Crippen molar-refractivity contribution in [3.8, 4) is 0 Å². The summed E-state index contributed by atoms with van der Waals surface area (Å²) in [4.78, 5) is 30.1. The van der Waals surface area contributed by atoms with Crippen molar-refractivity contribution in [1.29, 1.82) is 0 Å². The Kier molecular flexibility index (Phi) is 6.54. The van der Waals surface area contributed by atoms with Crippen LogP contribution in [0.4, 0.5) is 11.4 Å². The Balaban J connectivity index is 1.51. The first-order chi connectivity index (χ1) is 13.4. The summed E-state index contributed by atoms with van der Waals surface area (Å²) in [6.45, 7) is 3.13. The molecule has 0 spiro atoms. The number of carbonyl (C=O) groups excluding carboxylic acids is 2. The third kappa shape index (κ3) is 5.03. The molecular formula is C21H26ClN4O2+. The van der Waals surface area contributed by atoms with Crippen LogP contribution in [-0.4, -0.2) is 63.5 Å². The Labute approximate surface area is 170 Å². The van der Waals surface area contributed by atoms with Crippen molar-refractivity contribution in [2.24, 2.45) is 0 Å². The zero-order valence-corrected chi connectivity index (χ0v) is 17.0. The van der Waals surface area contributed by atoms with E-state index in [0.29, 0.717) is 35.9 Å². The summed E-state index contributed by atoms with van der Waals surface area (Å²) in [7, 11) is 3.92. The Hall–Kier alpha value is -2.57. The van der Waals surface area contributed by atoms with Gasteiger partial charge in [-0.1, -0.05) is 29.8 Å². The van der Waals surface area contributed by atoms with E-state index in [1.54, 1.807) is 12.1 Å². The lowest BCUT2D eigenvalue weighted by atomic mass is 10.1. The molecule has 6 nitrogen and oxygen atoms in total. The minimum atomic E-state index is -0.0680. The van der Waals surface area contributed by atoms with Crippen LogP contribution in [0.1, 0.15) is 10.4 Å². The van der Waals surface area contributed by atoms with Gasteiger partial charge in [0, 0.05) is 25.3 Å². The Morgan fingerprint density at radius 1 is 1.11 bits per heavy atom. The average molecular weight is 402 g/mol. The molecule has 1 aliphatic heterocycles. The molecule has 0 aliphatic carbocycles. The number of benzene rings is 2. The van der Waals surface area contributed by atoms with E-state index < -0.39 is 0 Å². The second-order valence-corrected chi connectivity index (χ2v) is 7.60. The van der Waals surface area contributed by atoms with Crippen LogP contribution in [0.5, 0.6) is 0 Å². The van der Waals surface area contributed by atoms with Crippen molar-refractivity contribution >= 4 is 34.8 Å². The van der Waals surface area contributed by atoms with Gasteiger partial charge in [-0.05, 0) is 30.3 Å². The zero-order valence-electron chi connectivity index (χ0n) is 16.2. The van der Waals surface area contributed by atoms with Crippen molar-refractivity contribution in [3.63, 3.8) is 0 Å². The Morgan fingerprint density at radius 2 is 1.82 bits per heavy atom. The van der Waals surface area contributed by atoms with Gasteiger partial charge < -0.3 is 20.0 Å². The monoisotopic (exact) mass is 401 g/mol. The molecule has 1 aliphatic rings. The van der Waals surface area contributed by atoms with Crippen LogP contribution < -0.4 is 15.1 Å². The van der Waals surface area contributed by atoms with Crippen LogP contribution in [0.15, 0.2) is 48.5 Å². The lowest BCUT2D eigenvalue weighted by molar-refractivity contribution is -0.895. The highest BCUT2D eigenvalue weighted by Crippen LogP contribution is 2.20. The predicted octanol–water partition coefficient (Wildman–Crippen LogP) is 1.39. The van der Waals surface area contributed by atoms with Gasteiger partial charge in [0.15, 0.2) is 6.54 Å². The van der Waals surface area contributed by atoms with Crippen molar-refractivity contribution in [2.45, 2.75) is 0 Å². The molecule has 0 saturated carbocycles. The molecule has 2 aromatic carbocycles. The number of rotatable bonds is 5. The summed E-state index contributed by atoms with van der Waals surface area (Å²) in [5.74, 6) is -0.0233. The average Bonchev–Trinajstić information content (AvgIpc) is 2.70. The normalized spacial score (nSPS) is 14.6. The third-order valence-electron chi connectivity index (χ3n) is 4.93. The molecule has 7 heteroatoms. The minimum Gasteiger partial charge on any atom is -0.378 e. The summed E-state index contributed by atoms with van der Waals surface area (Å²) >= 11 is 6.09. The fourth-order valence-electron chi connectivity index (χ4n) is 3.29. The number of para-hydroxylation sites is 1. The lowest BCUT2D eigenvalue weighted by Gasteiger charge is -2.32. The molecule has 1 saturated heterocycles. The first-order valence-electron chi connectivity index (χ1n) is 9.38. The number of piperazine rings is 1. The van der Waals surface area contributed by atoms with Crippen LogP contribution in [0, 0.1) is 0 Å². The summed E-state index contributed by atoms with van der Waals surface area (Å²) in [5, 5.41) is 3.39. The molecule has 2 amide bonds. The molecule has 1 fully saturated rings. The third-order valence-corrected chi connectivity index (χ3v) is 5.26. The number of nitrogens with zero attached hydrogens (tertiary/aromatic N) is 2. The van der Waals surface area contributed by atoms with Gasteiger partial charge in [0.25, 0.3) is 11.8 Å². The van der Waals surface area contributed by atoms with Gasteiger partial charge in [-0.25, -0.2) is 0 Å². The van der Waals surface area contributed by atoms with Gasteiger partial charge in [-0.2, -0.15) is 0 Å². The number of halogens is 1. The second kappa shape index (κ2) is 9.08. The fraction of sp³-hybridized carbons (Fsp3) is 0.333. The Morgan fingerprint density at radius 3 is 2.50 bits per heavy atom. The van der Waals surface area contributed by atoms with Crippen molar-refractivity contribution < 1.29 is 14.5 Å². The molecular weight excluding hydrogens is 376 g/mol. The highest BCUT2D eigenvalue weighted by atomic mass is 35.5. The predicted molar refractivity (Wildman–Crippen MR) is 112 cm³/mol. The van der Waals surface area contributed by atoms with E-state index in [1.165, 1.54) is 0 Å². The molecule has 3 rings (SSSR count). The quantitative estimate of drug-likeness (QED) is 0.796. The van der Waals surface area contributed by atoms with Crippen LogP contribution in [0.25, 0.3) is 0 Å². The topological polar surface area (TPSA) is 57.1 Å². The summed E-state index contributed by atoms with van der Waals surface area (Å²) < 4.78 is 0. The molecule has 0 unspecified atom stereocenters. The standard InChI is InChI=1S/C21H25ClN4O2/c1-24(2)17-7-5-6-16(14-17)21(28)26-12-10-25(11-13-26)15-20(27)23-19-9-4-3-8-18(19)22/h3-9,14H,10-13,15H2,1-2H3,(H,23,27)/p+1. The van der Waals surface area contributed by atoms with Gasteiger partial charge >= 0.3 is 0 Å². The Bertz CT molecular complexity index is 848. The van der Waals surface area contributed by atoms with E-state index in [-0.39, 0.29) is 11.8 Å². The van der Waals surface area contributed by atoms with Crippen molar-refractivity contribution in [3.05, 3.63) is 59.1 Å². The maximum absolute atomic E-state index is 12.8. The van der Waals surface area contributed by atoms with Crippen LogP contribution in [-0.2, 0) is 4.79 Å². The molecule has 2 N–H and O–H groups in total. The maximum Gasteiger partial charge on any atom is 0.279 e. The van der Waals surface area contributed by atoms with E-state index >= 15 is 0 Å². The van der Waals surface area contributed by atoms with Crippen LogP contribution in [0.3, 0.4) is 0 Å². The first-order valence-corrected chi connectivity index (χ1v) is 9.76. The van der Waals surface area contributed by atoms with Crippen LogP contribution >= 0.6 is 11.6 Å². The van der Waals surface area contributed by atoms with E-state index in [1.807, 2.05) is 60.3 Å². The molecule has 0 radical (unpaired) electrons. The molecule has 0 bridgehead atoms. The lowest BCUT2D eigenvalue weighted by Crippen LogP contribution is -3.15. The summed E-state index contributed by atoms with van der Waals surface area (Å²) in [6.07, 6.45) is 0. The summed E-state index contributed by atoms with van der Waals surface area (Å²) in [6, 6.07) is 14.9. The van der Waals surface area contributed by atoms with Gasteiger partial charge in [0.1, 0.15) is 0 Å². The van der Waals surface area contributed by atoms with Crippen molar-refractivity contribution in [2.75, 3.05) is 57.0 Å². The number of hydrogen-bond donors (Lipinski definition) is 2. The smallest absolute Gasteiger partial charge is 0.279 e. The maximum atomic E-state index is 12.8. The van der Waals surface area contributed by atoms with Crippen LogP contribution in [0.2, 0.25) is 5.02 Å². The molecule has 28 heavy (non-hydrogen) atoms. The van der Waals surface area contributed by atoms with E-state index in [9.17, 15) is 9.59 Å². The molecule has 148 valence electrons. The zero-order chi connectivity index (χ0) is 20.1. The fourth-order valence-corrected chi connectivity index (χ4v) is 3.47. The van der Waals surface area contributed by atoms with E-state index in [0.717, 1.165) is 23.7 Å². The van der Waals surface area contributed by atoms with E-state index in [4.69, 9.17) is 11.6 Å². The van der Waals surface area contributed by atoms with Gasteiger partial charge in [-0.3, -0.25) is 9.59 Å². The number of quaternary nitrogens is 1. The first kappa shape index (κ1) is 20.2. The second-order valence-electron chi connectivity index (χ2n) is 7.19. The van der Waals surface area contributed by atoms with Gasteiger partial charge in [0.2, 0.25) is 0 Å². The molecule has 1 heterocycles. The SMILES string of the molecule is CN(C)c1cccc(C(=O)N2CC[NH+](CC(=O)Nc3ccccc3Cl)CC2)c1. The van der Waals surface area contributed by atoms with E-state index in [2.05, 4.69) is 5.32 Å². The number of carbonyl (C=O) groups is 2. The largest absolute Gasteiger partial charge is 0.378 e.